The Kier molecular flexibility index (Phi) is 2.93. The minimum Gasteiger partial charge on any atom is -0.462 e. The molecule has 0 unspecified atom stereocenters. The molecule has 0 rings (SSSR count). The largest absolute Gasteiger partial charge is 0.462 e. The maximum Gasteiger partial charge on any atom is 0.107 e. The summed E-state index contributed by atoms with van der Waals surface area (Å²) in [6.07, 6.45) is 2.19. The van der Waals surface area contributed by atoms with Crippen LogP contribution in [0.25, 0.3) is 0 Å². The zero-order valence-electron chi connectivity index (χ0n) is 2.86. The van der Waals surface area contributed by atoms with E-state index in [4.69, 9.17) is 5.11 Å². The van der Waals surface area contributed by atoms with Crippen molar-refractivity contribution < 1.29 is 5.11 Å². The van der Waals surface area contributed by atoms with Crippen molar-refractivity contribution in [2.24, 2.45) is 0 Å². The van der Waals surface area contributed by atoms with E-state index in [0.29, 0.717) is 6.42 Å². The Balaban J connectivity index is 2.81. The summed E-state index contributed by atoms with van der Waals surface area (Å²) in [7, 11) is 0. The van der Waals surface area contributed by atoms with Crippen molar-refractivity contribution in [3.05, 3.63) is 6.92 Å². The van der Waals surface area contributed by atoms with Gasteiger partial charge in [-0.05, 0) is 6.92 Å². The number of aliphatic hydroxyl groups is 1. The third-order valence-electron chi connectivity index (χ3n) is 0.204. The molecule has 0 atom stereocenters. The highest BCUT2D eigenvalue weighted by molar-refractivity contribution is 4.89. The van der Waals surface area contributed by atoms with Crippen LogP contribution in [0, 0.1) is 19.0 Å². The second kappa shape index (κ2) is 3.36. The van der Waals surface area contributed by atoms with Crippen LogP contribution in [0.3, 0.4) is 0 Å². The highest BCUT2D eigenvalue weighted by Crippen LogP contribution is 1.59. The van der Waals surface area contributed by atoms with Crippen LogP contribution in [0.1, 0.15) is 6.42 Å². The van der Waals surface area contributed by atoms with Gasteiger partial charge in [0.2, 0.25) is 0 Å². The molecule has 27 valence electrons. The van der Waals surface area contributed by atoms with Crippen LogP contribution in [-0.4, -0.2) is 5.11 Å². The lowest BCUT2D eigenvalue weighted by atomic mass is 10.5. The average Bonchev–Trinajstić information content (AvgIpc) is 1.41. The zero-order chi connectivity index (χ0) is 4.12. The van der Waals surface area contributed by atoms with Gasteiger partial charge >= 0.3 is 0 Å². The highest BCUT2D eigenvalue weighted by atomic mass is 16.2. The summed E-state index contributed by atoms with van der Waals surface area (Å²) in [5.74, 6) is 2.31. The van der Waals surface area contributed by atoms with Crippen LogP contribution in [-0.2, 0) is 0 Å². The molecule has 0 aromatic carbocycles. The van der Waals surface area contributed by atoms with Crippen molar-refractivity contribution in [1.82, 2.24) is 0 Å². The highest BCUT2D eigenvalue weighted by Gasteiger charge is 1.50. The monoisotopic (exact) mass is 69.0 g/mol. The van der Waals surface area contributed by atoms with Gasteiger partial charge in [-0.15, -0.1) is 0 Å². The van der Waals surface area contributed by atoms with Gasteiger partial charge in [0.25, 0.3) is 0 Å². The zero-order valence-corrected chi connectivity index (χ0v) is 2.86. The van der Waals surface area contributed by atoms with Crippen molar-refractivity contribution in [2.75, 3.05) is 0 Å². The summed E-state index contributed by atoms with van der Waals surface area (Å²) in [5.41, 5.74) is 0. The summed E-state index contributed by atoms with van der Waals surface area (Å²) >= 11 is 0. The second-order valence-corrected chi connectivity index (χ2v) is 0.539. The van der Waals surface area contributed by atoms with E-state index in [-0.39, 0.29) is 0 Å². The Hall–Kier alpha value is -0.640. The molecular weight excluding hydrogens is 64.0 g/mol. The van der Waals surface area contributed by atoms with E-state index >= 15 is 0 Å². The van der Waals surface area contributed by atoms with Crippen LogP contribution in [0.15, 0.2) is 0 Å². The summed E-state index contributed by atoms with van der Waals surface area (Å²) in [6.45, 7) is 3.34. The van der Waals surface area contributed by atoms with Gasteiger partial charge < -0.3 is 5.11 Å². The Morgan fingerprint density at radius 3 is 2.40 bits per heavy atom. The molecule has 5 heavy (non-hydrogen) atoms. The molecule has 0 fully saturated rings. The van der Waals surface area contributed by atoms with Gasteiger partial charge in [0.05, 0.1) is 0 Å². The molecule has 0 amide bonds. The van der Waals surface area contributed by atoms with E-state index < -0.39 is 0 Å². The molecule has 1 radical (unpaired) electrons. The van der Waals surface area contributed by atoms with Gasteiger partial charge in [0.15, 0.2) is 0 Å². The lowest BCUT2D eigenvalue weighted by molar-refractivity contribution is 0.516. The van der Waals surface area contributed by atoms with Crippen LogP contribution in [0.5, 0.6) is 0 Å². The van der Waals surface area contributed by atoms with E-state index in [2.05, 4.69) is 12.8 Å². The van der Waals surface area contributed by atoms with E-state index in [1.54, 1.807) is 6.11 Å². The maximum absolute atomic E-state index is 7.67. The fourth-order valence-electron chi connectivity index (χ4n) is 0.0559. The van der Waals surface area contributed by atoms with E-state index in [1.165, 1.54) is 0 Å². The topological polar surface area (TPSA) is 20.2 Å². The van der Waals surface area contributed by atoms with Gasteiger partial charge in [-0.25, -0.2) is 0 Å². The molecule has 0 heterocycles. The molecule has 1 heteroatoms. The van der Waals surface area contributed by atoms with Crippen molar-refractivity contribution in [2.45, 2.75) is 6.42 Å². The summed E-state index contributed by atoms with van der Waals surface area (Å²) < 4.78 is 0. The first-order chi connectivity index (χ1) is 2.41. The second-order valence-electron chi connectivity index (χ2n) is 0.539. The Morgan fingerprint density at radius 1 is 1.80 bits per heavy atom. The first-order valence-electron chi connectivity index (χ1n) is 1.33. The first kappa shape index (κ1) is 4.36. The number of rotatable bonds is 0. The molecule has 0 aromatic heterocycles. The third-order valence-corrected chi connectivity index (χ3v) is 0.204. The molecule has 0 spiro atoms. The summed E-state index contributed by atoms with van der Waals surface area (Å²) in [5, 5.41) is 7.67. The van der Waals surface area contributed by atoms with Crippen molar-refractivity contribution >= 4 is 0 Å². The third kappa shape index (κ3) is 3.36. The van der Waals surface area contributed by atoms with Crippen molar-refractivity contribution in [1.29, 1.82) is 0 Å². The number of hydrogen-bond donors (Lipinski definition) is 1. The minimum absolute atomic E-state index is 0.483. The minimum atomic E-state index is 0.483. The summed E-state index contributed by atoms with van der Waals surface area (Å²) in [6, 6.07) is 0. The standard InChI is InChI=1S/C4H5O/c1-2-3-4-5/h5H,1-2H2. The number of aliphatic hydroxyl groups excluding tert-OH is 1. The Bertz CT molecular complexity index is 55.8. The van der Waals surface area contributed by atoms with Crippen LogP contribution in [0.4, 0.5) is 0 Å². The van der Waals surface area contributed by atoms with Gasteiger partial charge in [-0.2, -0.15) is 0 Å². The smallest absolute Gasteiger partial charge is 0.107 e. The van der Waals surface area contributed by atoms with Gasteiger partial charge in [0.1, 0.15) is 6.11 Å². The Morgan fingerprint density at radius 2 is 2.40 bits per heavy atom. The fraction of sp³-hybridized carbons (Fsp3) is 0.250. The van der Waals surface area contributed by atoms with Crippen LogP contribution >= 0.6 is 0 Å². The van der Waals surface area contributed by atoms with Gasteiger partial charge in [-0.1, -0.05) is 5.92 Å². The predicted octanol–water partition coefficient (Wildman–Crippen LogP) is 0.544. The molecular formula is C4H5O. The SMILES string of the molecule is [CH2]CC#CO. The molecule has 0 aliphatic heterocycles. The predicted molar refractivity (Wildman–Crippen MR) is 19.7 cm³/mol. The first-order valence-corrected chi connectivity index (χ1v) is 1.33. The molecule has 0 saturated heterocycles. The summed E-state index contributed by atoms with van der Waals surface area (Å²) in [4.78, 5) is 0. The van der Waals surface area contributed by atoms with E-state index in [0.717, 1.165) is 0 Å². The normalized spacial score (nSPS) is 5.00. The molecule has 1 N–H and O–H groups in total. The van der Waals surface area contributed by atoms with Crippen LogP contribution < -0.4 is 0 Å². The average molecular weight is 69.1 g/mol. The lowest BCUT2D eigenvalue weighted by Gasteiger charge is -1.57. The molecule has 0 saturated carbocycles. The fourth-order valence-corrected chi connectivity index (χ4v) is 0.0559. The Labute approximate surface area is 31.6 Å². The van der Waals surface area contributed by atoms with Gasteiger partial charge in [-0.3, -0.25) is 0 Å². The van der Waals surface area contributed by atoms with E-state index in [1.807, 2.05) is 0 Å². The van der Waals surface area contributed by atoms with Crippen molar-refractivity contribution in [3.8, 4) is 12.0 Å². The van der Waals surface area contributed by atoms with Crippen LogP contribution in [0.2, 0.25) is 0 Å². The molecule has 0 aromatic rings. The van der Waals surface area contributed by atoms with Crippen molar-refractivity contribution in [3.63, 3.8) is 0 Å². The lowest BCUT2D eigenvalue weighted by Crippen LogP contribution is -1.49. The molecule has 0 bridgehead atoms. The van der Waals surface area contributed by atoms with Gasteiger partial charge in [0, 0.05) is 6.42 Å². The number of hydrogen-bond acceptors (Lipinski definition) is 1. The molecule has 0 aliphatic carbocycles. The maximum atomic E-state index is 7.67. The molecule has 0 aliphatic rings. The quantitative estimate of drug-likeness (QED) is 0.412. The molecule has 1 nitrogen and oxygen atoms in total. The van der Waals surface area contributed by atoms with E-state index in [9.17, 15) is 0 Å².